The maximum Gasteiger partial charge on any atom is 1.00 e. The van der Waals surface area contributed by atoms with Crippen molar-refractivity contribution in [2.75, 3.05) is 11.5 Å². The molecule has 0 amide bonds. The summed E-state index contributed by atoms with van der Waals surface area (Å²) in [6.45, 7) is 0. The maximum atomic E-state index is 9.97. The molecule has 0 spiro atoms. The Balaban J connectivity index is -0.000000500. The Morgan fingerprint density at radius 1 is 1.31 bits per heavy atom. The molecular formula is C3H6Na2O6S2. The largest absolute Gasteiger partial charge is 1.00 e. The number of hydrogen-bond acceptors (Lipinski definition) is 7. The zero-order chi connectivity index (χ0) is 8.74. The second-order valence-electron chi connectivity index (χ2n) is 1.57. The first kappa shape index (κ1) is 20.5. The van der Waals surface area contributed by atoms with Gasteiger partial charge in [0.05, 0.1) is 10.1 Å². The molecule has 13 heavy (non-hydrogen) atoms. The fourth-order valence-corrected chi connectivity index (χ4v) is 1.40. The molecule has 10 heteroatoms. The van der Waals surface area contributed by atoms with Crippen LogP contribution in [-0.2, 0) is 19.5 Å². The summed E-state index contributed by atoms with van der Waals surface area (Å²) in [5, 5.41) is 12.1. The van der Waals surface area contributed by atoms with Crippen LogP contribution < -0.4 is 64.4 Å². The molecule has 0 aromatic heterocycles. The SMILES string of the molecule is O=S(=O)([O-])CCCSOO[O-].[Na+].[Na+]. The van der Waals surface area contributed by atoms with E-state index in [0.717, 1.165) is 0 Å². The van der Waals surface area contributed by atoms with Gasteiger partial charge < -0.3 is 9.81 Å². The molecule has 0 unspecified atom stereocenters. The van der Waals surface area contributed by atoms with E-state index in [0.29, 0.717) is 12.0 Å². The normalized spacial score (nSPS) is 10.0. The Bertz CT molecular complexity index is 182. The maximum absolute atomic E-state index is 9.97. The average Bonchev–Trinajstić information content (AvgIpc) is 1.85. The summed E-state index contributed by atoms with van der Waals surface area (Å²) < 4.78 is 33.7. The topological polar surface area (TPSA) is 98.7 Å². The molecule has 0 aliphatic rings. The van der Waals surface area contributed by atoms with Crippen LogP contribution in [0.15, 0.2) is 0 Å². The van der Waals surface area contributed by atoms with Crippen LogP contribution in [0.5, 0.6) is 0 Å². The van der Waals surface area contributed by atoms with Crippen LogP contribution in [0, 0.1) is 0 Å². The first-order valence-electron chi connectivity index (χ1n) is 2.58. The van der Waals surface area contributed by atoms with Crippen molar-refractivity contribution in [3.8, 4) is 0 Å². The smallest absolute Gasteiger partial charge is 0.748 e. The molecule has 0 saturated heterocycles. The first-order chi connectivity index (χ1) is 5.06. The van der Waals surface area contributed by atoms with Crippen LogP contribution in [-0.4, -0.2) is 24.5 Å². The predicted octanol–water partition coefficient (Wildman–Crippen LogP) is -7.20. The van der Waals surface area contributed by atoms with Gasteiger partial charge in [-0.3, -0.25) is 5.04 Å². The molecule has 0 aliphatic carbocycles. The molecule has 0 N–H and O–H groups in total. The minimum absolute atomic E-state index is 0. The number of rotatable bonds is 6. The van der Waals surface area contributed by atoms with Gasteiger partial charge in [0.2, 0.25) is 0 Å². The zero-order valence-electron chi connectivity index (χ0n) is 7.39. The summed E-state index contributed by atoms with van der Waals surface area (Å²) in [5.41, 5.74) is 0. The summed E-state index contributed by atoms with van der Waals surface area (Å²) >= 11 is 0.656. The second-order valence-corrected chi connectivity index (χ2v) is 3.88. The molecule has 0 saturated carbocycles. The van der Waals surface area contributed by atoms with Crippen LogP contribution in [0.3, 0.4) is 0 Å². The van der Waals surface area contributed by atoms with Crippen molar-refractivity contribution in [1.82, 2.24) is 0 Å². The van der Waals surface area contributed by atoms with E-state index in [-0.39, 0.29) is 71.3 Å². The summed E-state index contributed by atoms with van der Waals surface area (Å²) in [4.78, 5) is 0. The van der Waals surface area contributed by atoms with Crippen LogP contribution >= 0.6 is 12.0 Å². The fraction of sp³-hybridized carbons (Fsp3) is 1.00. The van der Waals surface area contributed by atoms with Crippen LogP contribution in [0.25, 0.3) is 0 Å². The van der Waals surface area contributed by atoms with Crippen molar-refractivity contribution in [1.29, 1.82) is 0 Å². The van der Waals surface area contributed by atoms with Gasteiger partial charge >= 0.3 is 59.1 Å². The van der Waals surface area contributed by atoms with E-state index in [1.54, 1.807) is 0 Å². The van der Waals surface area contributed by atoms with Crippen molar-refractivity contribution < 1.29 is 86.7 Å². The van der Waals surface area contributed by atoms with E-state index in [1.165, 1.54) is 0 Å². The van der Waals surface area contributed by atoms with Gasteiger partial charge in [-0.15, -0.1) is 0 Å². The molecule has 0 aliphatic heterocycles. The third-order valence-corrected chi connectivity index (χ3v) is 2.09. The van der Waals surface area contributed by atoms with Gasteiger partial charge in [0.25, 0.3) is 0 Å². The van der Waals surface area contributed by atoms with Crippen LogP contribution in [0.4, 0.5) is 0 Å². The van der Waals surface area contributed by atoms with E-state index in [2.05, 4.69) is 9.37 Å². The quantitative estimate of drug-likeness (QED) is 0.115. The fourth-order valence-electron chi connectivity index (χ4n) is 0.348. The second kappa shape index (κ2) is 12.2. The molecular weight excluding hydrogens is 242 g/mol. The van der Waals surface area contributed by atoms with Crippen molar-refractivity contribution in [2.45, 2.75) is 6.42 Å². The van der Waals surface area contributed by atoms with Gasteiger partial charge in [0, 0.05) is 23.5 Å². The standard InChI is InChI=1S/C3H8O6S2.2Na/c4-8-9-10-2-1-3-11(5,6)7;;/h4H,1-3H2,(H,5,6,7);;/q;2*+1/p-2. The Kier molecular flexibility index (Phi) is 19.3. The summed E-state index contributed by atoms with van der Waals surface area (Å²) in [7, 11) is -4.15. The van der Waals surface area contributed by atoms with Gasteiger partial charge in [0.1, 0.15) is 0 Å². The third-order valence-electron chi connectivity index (χ3n) is 0.698. The summed E-state index contributed by atoms with van der Waals surface area (Å²) in [6, 6.07) is 0. The molecule has 0 rings (SSSR count). The molecule has 68 valence electrons. The third kappa shape index (κ3) is 20.3. The van der Waals surface area contributed by atoms with Gasteiger partial charge in [0.15, 0.2) is 0 Å². The Morgan fingerprint density at radius 3 is 2.23 bits per heavy atom. The van der Waals surface area contributed by atoms with Crippen LogP contribution in [0.1, 0.15) is 6.42 Å². The van der Waals surface area contributed by atoms with Crippen molar-refractivity contribution in [2.24, 2.45) is 0 Å². The van der Waals surface area contributed by atoms with E-state index in [9.17, 15) is 13.0 Å². The molecule has 0 aromatic rings. The molecule has 0 atom stereocenters. The van der Waals surface area contributed by atoms with E-state index < -0.39 is 15.9 Å². The predicted molar refractivity (Wildman–Crippen MR) is 33.8 cm³/mol. The van der Waals surface area contributed by atoms with Gasteiger partial charge in [-0.25, -0.2) is 8.42 Å². The van der Waals surface area contributed by atoms with Crippen molar-refractivity contribution in [3.05, 3.63) is 0 Å². The average molecular weight is 248 g/mol. The monoisotopic (exact) mass is 248 g/mol. The molecule has 6 nitrogen and oxygen atoms in total. The minimum Gasteiger partial charge on any atom is -0.748 e. The van der Waals surface area contributed by atoms with Gasteiger partial charge in [-0.1, -0.05) is 0 Å². The number of hydrogen-bond donors (Lipinski definition) is 0. The Labute approximate surface area is 125 Å². The molecule has 0 heterocycles. The van der Waals surface area contributed by atoms with E-state index in [4.69, 9.17) is 5.26 Å². The molecule has 0 aromatic carbocycles. The van der Waals surface area contributed by atoms with Crippen LogP contribution in [0.2, 0.25) is 0 Å². The Morgan fingerprint density at radius 2 is 1.85 bits per heavy atom. The summed E-state index contributed by atoms with van der Waals surface area (Å²) in [6.07, 6.45) is 0.139. The summed E-state index contributed by atoms with van der Waals surface area (Å²) in [5.74, 6) is -0.230. The van der Waals surface area contributed by atoms with Crippen molar-refractivity contribution >= 4 is 22.2 Å². The molecule has 0 fully saturated rings. The Hall–Kier alpha value is 2.14. The van der Waals surface area contributed by atoms with E-state index >= 15 is 0 Å². The van der Waals surface area contributed by atoms with Crippen molar-refractivity contribution in [3.63, 3.8) is 0 Å². The van der Waals surface area contributed by atoms with Gasteiger partial charge in [-0.2, -0.15) is 4.33 Å². The first-order valence-corrected chi connectivity index (χ1v) is 5.07. The zero-order valence-corrected chi connectivity index (χ0v) is 13.0. The minimum atomic E-state index is -4.15. The van der Waals surface area contributed by atoms with E-state index in [1.807, 2.05) is 0 Å². The van der Waals surface area contributed by atoms with Gasteiger partial charge in [-0.05, 0) is 6.42 Å². The molecule has 0 radical (unpaired) electrons. The molecule has 0 bridgehead atoms.